The van der Waals surface area contributed by atoms with Crippen molar-refractivity contribution in [2.75, 3.05) is 17.4 Å². The fraction of sp³-hybridized carbons (Fsp3) is 0.133. The topological polar surface area (TPSA) is 90.6 Å². The van der Waals surface area contributed by atoms with Crippen LogP contribution in [-0.4, -0.2) is 23.0 Å². The maximum atomic E-state index is 11.3. The summed E-state index contributed by atoms with van der Waals surface area (Å²) in [5.41, 5.74) is 7.00. The predicted octanol–water partition coefficient (Wildman–Crippen LogP) is 1.68. The monoisotopic (exact) mass is 298 g/mol. The summed E-state index contributed by atoms with van der Waals surface area (Å²) in [4.78, 5) is 21.1. The van der Waals surface area contributed by atoms with E-state index in [4.69, 9.17) is 15.2 Å². The van der Waals surface area contributed by atoms with Crippen molar-refractivity contribution in [3.63, 3.8) is 0 Å². The van der Waals surface area contributed by atoms with E-state index in [1.165, 1.54) is 12.6 Å². The first-order valence-corrected chi connectivity index (χ1v) is 6.61. The number of nitrogens with zero attached hydrogens (tertiary/aromatic N) is 3. The van der Waals surface area contributed by atoms with Crippen molar-refractivity contribution < 1.29 is 14.3 Å². The average Bonchev–Trinajstić information content (AvgIpc) is 3.07. The molecule has 7 nitrogen and oxygen atoms in total. The Morgan fingerprint density at radius 2 is 2.09 bits per heavy atom. The Labute approximate surface area is 127 Å². The molecule has 0 bridgehead atoms. The number of anilines is 2. The number of carbonyl (C=O) groups excluding carboxylic acids is 1. The second-order valence-electron chi connectivity index (χ2n) is 4.57. The highest BCUT2D eigenvalue weighted by atomic mass is 16.7. The van der Waals surface area contributed by atoms with E-state index in [1.54, 1.807) is 4.90 Å². The third-order valence-electron chi connectivity index (χ3n) is 3.18. The van der Waals surface area contributed by atoms with Crippen LogP contribution in [0.2, 0.25) is 0 Å². The van der Waals surface area contributed by atoms with E-state index < -0.39 is 0 Å². The van der Waals surface area contributed by atoms with Gasteiger partial charge in [-0.15, -0.1) is 0 Å². The molecule has 112 valence electrons. The molecule has 1 aromatic heterocycles. The van der Waals surface area contributed by atoms with Gasteiger partial charge in [0.05, 0.1) is 12.1 Å². The van der Waals surface area contributed by atoms with Gasteiger partial charge in [0.2, 0.25) is 12.7 Å². The van der Waals surface area contributed by atoms with Crippen LogP contribution in [0.1, 0.15) is 15.9 Å². The van der Waals surface area contributed by atoms with Gasteiger partial charge in [0, 0.05) is 0 Å². The van der Waals surface area contributed by atoms with Gasteiger partial charge in [-0.05, 0) is 5.56 Å². The number of carbonyl (C=O) groups is 1. The highest BCUT2D eigenvalue weighted by Gasteiger charge is 2.23. The number of nitrogens with two attached hydrogens (primary N) is 1. The first kappa shape index (κ1) is 13.9. The molecule has 1 aliphatic rings. The number of rotatable bonds is 5. The van der Waals surface area contributed by atoms with Crippen LogP contribution in [0.25, 0.3) is 0 Å². The highest BCUT2D eigenvalue weighted by Crippen LogP contribution is 2.27. The van der Waals surface area contributed by atoms with Gasteiger partial charge in [0.1, 0.15) is 18.4 Å². The second-order valence-corrected chi connectivity index (χ2v) is 4.57. The number of benzene rings is 1. The minimum absolute atomic E-state index is 0.123. The highest BCUT2D eigenvalue weighted by molar-refractivity contribution is 5.89. The molecule has 2 heterocycles. The Kier molecular flexibility index (Phi) is 3.86. The summed E-state index contributed by atoms with van der Waals surface area (Å²) < 4.78 is 10.5. The van der Waals surface area contributed by atoms with Crippen molar-refractivity contribution in [2.24, 2.45) is 0 Å². The molecule has 0 spiro atoms. The number of hydrogen-bond donors (Lipinski definition) is 1. The predicted molar refractivity (Wildman–Crippen MR) is 79.6 cm³/mol. The molecule has 0 amide bonds. The first-order chi connectivity index (χ1) is 10.8. The molecule has 0 saturated heterocycles. The standard InChI is InChI=1S/C15H14N4O3/c16-14-12(7-20)15(18-9-17-14)19(13-8-21-10-22-13)6-11-4-2-1-3-5-11/h1-5,7-9H,6,10H2,(H2,16,17,18). The number of aromatic nitrogens is 2. The minimum Gasteiger partial charge on any atom is -0.459 e. The average molecular weight is 298 g/mol. The van der Waals surface area contributed by atoms with Gasteiger partial charge in [-0.3, -0.25) is 9.69 Å². The lowest BCUT2D eigenvalue weighted by molar-refractivity contribution is 0.0781. The molecule has 0 radical (unpaired) electrons. The van der Waals surface area contributed by atoms with Crippen LogP contribution in [0.15, 0.2) is 48.8 Å². The summed E-state index contributed by atoms with van der Waals surface area (Å²) in [7, 11) is 0. The van der Waals surface area contributed by atoms with E-state index in [-0.39, 0.29) is 18.2 Å². The van der Waals surface area contributed by atoms with E-state index in [9.17, 15) is 4.79 Å². The lowest BCUT2D eigenvalue weighted by Gasteiger charge is -2.24. The Balaban J connectivity index is 2.02. The van der Waals surface area contributed by atoms with Crippen LogP contribution in [0.5, 0.6) is 0 Å². The largest absolute Gasteiger partial charge is 0.459 e. The Morgan fingerprint density at radius 1 is 1.27 bits per heavy atom. The Morgan fingerprint density at radius 3 is 2.77 bits per heavy atom. The molecular weight excluding hydrogens is 284 g/mol. The van der Waals surface area contributed by atoms with E-state index in [1.807, 2.05) is 30.3 Å². The molecule has 2 N–H and O–H groups in total. The van der Waals surface area contributed by atoms with E-state index in [0.29, 0.717) is 24.5 Å². The Hall–Kier alpha value is -3.09. The van der Waals surface area contributed by atoms with Crippen molar-refractivity contribution in [2.45, 2.75) is 6.54 Å². The number of nitrogen functional groups attached to an aromatic ring is 1. The third kappa shape index (κ3) is 2.69. The molecule has 2 aromatic rings. The fourth-order valence-electron chi connectivity index (χ4n) is 2.13. The van der Waals surface area contributed by atoms with Crippen LogP contribution in [0.3, 0.4) is 0 Å². The zero-order valence-electron chi connectivity index (χ0n) is 11.7. The summed E-state index contributed by atoms with van der Waals surface area (Å²) in [6.07, 6.45) is 3.43. The molecular formula is C15H14N4O3. The summed E-state index contributed by atoms with van der Waals surface area (Å²) in [5, 5.41) is 0. The van der Waals surface area contributed by atoms with Gasteiger partial charge in [-0.2, -0.15) is 0 Å². The summed E-state index contributed by atoms with van der Waals surface area (Å²) in [6.45, 7) is 0.574. The van der Waals surface area contributed by atoms with Crippen LogP contribution in [0, 0.1) is 0 Å². The molecule has 1 aromatic carbocycles. The molecule has 0 atom stereocenters. The molecule has 0 saturated carbocycles. The van der Waals surface area contributed by atoms with Gasteiger partial charge < -0.3 is 15.2 Å². The normalized spacial score (nSPS) is 13.0. The fourth-order valence-corrected chi connectivity index (χ4v) is 2.13. The quantitative estimate of drug-likeness (QED) is 0.840. The van der Waals surface area contributed by atoms with Crippen molar-refractivity contribution in [1.82, 2.24) is 9.97 Å². The van der Waals surface area contributed by atoms with Crippen molar-refractivity contribution in [3.05, 3.63) is 59.9 Å². The van der Waals surface area contributed by atoms with Crippen LogP contribution < -0.4 is 10.6 Å². The molecule has 22 heavy (non-hydrogen) atoms. The molecule has 0 aliphatic carbocycles. The second kappa shape index (κ2) is 6.13. The van der Waals surface area contributed by atoms with E-state index in [0.717, 1.165) is 5.56 Å². The first-order valence-electron chi connectivity index (χ1n) is 6.61. The van der Waals surface area contributed by atoms with Crippen LogP contribution >= 0.6 is 0 Å². The van der Waals surface area contributed by atoms with Crippen molar-refractivity contribution in [1.29, 1.82) is 0 Å². The van der Waals surface area contributed by atoms with Gasteiger partial charge in [0.25, 0.3) is 0 Å². The van der Waals surface area contributed by atoms with E-state index >= 15 is 0 Å². The minimum atomic E-state index is 0.123. The van der Waals surface area contributed by atoms with Crippen LogP contribution in [-0.2, 0) is 16.0 Å². The molecule has 0 fully saturated rings. The molecule has 1 aliphatic heterocycles. The van der Waals surface area contributed by atoms with Crippen molar-refractivity contribution in [3.8, 4) is 0 Å². The maximum absolute atomic E-state index is 11.3. The zero-order chi connectivity index (χ0) is 15.4. The molecule has 7 heteroatoms. The summed E-state index contributed by atoms with van der Waals surface area (Å²) in [6, 6.07) is 9.73. The van der Waals surface area contributed by atoms with Crippen molar-refractivity contribution >= 4 is 17.9 Å². The SMILES string of the molecule is Nc1ncnc(N(Cc2ccccc2)C2=COCO2)c1C=O. The lowest BCUT2D eigenvalue weighted by Crippen LogP contribution is -2.25. The number of aldehydes is 1. The smallest absolute Gasteiger partial charge is 0.234 e. The Bertz CT molecular complexity index is 703. The summed E-state index contributed by atoms with van der Waals surface area (Å²) in [5.74, 6) is 0.964. The lowest BCUT2D eigenvalue weighted by atomic mass is 10.2. The molecule has 0 unspecified atom stereocenters. The number of hydrogen-bond acceptors (Lipinski definition) is 7. The van der Waals surface area contributed by atoms with E-state index in [2.05, 4.69) is 9.97 Å². The van der Waals surface area contributed by atoms with Gasteiger partial charge in [-0.1, -0.05) is 30.3 Å². The van der Waals surface area contributed by atoms with Gasteiger partial charge in [0.15, 0.2) is 12.1 Å². The summed E-state index contributed by atoms with van der Waals surface area (Å²) >= 11 is 0. The maximum Gasteiger partial charge on any atom is 0.234 e. The molecule has 3 rings (SSSR count). The third-order valence-corrected chi connectivity index (χ3v) is 3.18. The number of ether oxygens (including phenoxy) is 2. The van der Waals surface area contributed by atoms with Gasteiger partial charge in [-0.25, -0.2) is 9.97 Å². The zero-order valence-corrected chi connectivity index (χ0v) is 11.7. The van der Waals surface area contributed by atoms with Crippen LogP contribution in [0.4, 0.5) is 11.6 Å². The van der Waals surface area contributed by atoms with Gasteiger partial charge >= 0.3 is 0 Å².